The zero-order valence-corrected chi connectivity index (χ0v) is 15.0. The first-order valence-electron chi connectivity index (χ1n) is 8.21. The zero-order valence-electron chi connectivity index (χ0n) is 15.0. The van der Waals surface area contributed by atoms with E-state index < -0.39 is 42.0 Å². The van der Waals surface area contributed by atoms with Gasteiger partial charge in [-0.15, -0.1) is 0 Å². The smallest absolute Gasteiger partial charge is 0.327 e. The Labute approximate surface area is 154 Å². The summed E-state index contributed by atoms with van der Waals surface area (Å²) in [6, 6.07) is 4.17. The summed E-state index contributed by atoms with van der Waals surface area (Å²) in [5.41, 5.74) is -0.636. The molecule has 0 radical (unpaired) electrons. The number of carbonyl (C=O) groups is 4. The van der Waals surface area contributed by atoms with Gasteiger partial charge >= 0.3 is 12.0 Å². The Balaban J connectivity index is 1.54. The number of hydrogen-bond acceptors (Lipinski definition) is 7. The van der Waals surface area contributed by atoms with Gasteiger partial charge in [-0.25, -0.2) is 4.79 Å². The average Bonchev–Trinajstić information content (AvgIpc) is 3.12. The zero-order chi connectivity index (χ0) is 19.8. The van der Waals surface area contributed by atoms with E-state index in [0.29, 0.717) is 17.2 Å². The number of nitrogens with one attached hydrogen (secondary N) is 2. The molecule has 0 saturated carbocycles. The summed E-state index contributed by atoms with van der Waals surface area (Å²) >= 11 is 0. The molecule has 0 aromatic heterocycles. The molecule has 10 nitrogen and oxygen atoms in total. The average molecular weight is 377 g/mol. The van der Waals surface area contributed by atoms with Crippen molar-refractivity contribution in [1.82, 2.24) is 10.2 Å². The fourth-order valence-electron chi connectivity index (χ4n) is 2.60. The molecule has 2 aliphatic rings. The van der Waals surface area contributed by atoms with Crippen LogP contribution in [0.15, 0.2) is 18.2 Å². The summed E-state index contributed by atoms with van der Waals surface area (Å²) in [5, 5.41) is 5.05. The van der Waals surface area contributed by atoms with Crippen LogP contribution in [-0.2, 0) is 19.1 Å². The van der Waals surface area contributed by atoms with Crippen LogP contribution in [0.25, 0.3) is 0 Å². The van der Waals surface area contributed by atoms with Crippen molar-refractivity contribution < 1.29 is 33.4 Å². The topological polar surface area (TPSA) is 123 Å². The monoisotopic (exact) mass is 377 g/mol. The molecule has 27 heavy (non-hydrogen) atoms. The Bertz CT molecular complexity index is 821. The second-order valence-electron chi connectivity index (χ2n) is 6.64. The molecular weight excluding hydrogens is 358 g/mol. The Hall–Kier alpha value is -3.30. The van der Waals surface area contributed by atoms with Crippen LogP contribution in [0.4, 0.5) is 10.5 Å². The number of esters is 1. The summed E-state index contributed by atoms with van der Waals surface area (Å²) in [7, 11) is 0. The van der Waals surface area contributed by atoms with Gasteiger partial charge in [0.25, 0.3) is 11.8 Å². The number of amides is 4. The molecule has 0 bridgehead atoms. The second kappa shape index (κ2) is 6.78. The minimum atomic E-state index is -1.13. The van der Waals surface area contributed by atoms with Crippen molar-refractivity contribution in [3.63, 3.8) is 0 Å². The Kier molecular flexibility index (Phi) is 4.64. The first kappa shape index (κ1) is 18.5. The van der Waals surface area contributed by atoms with Gasteiger partial charge in [-0.1, -0.05) is 0 Å². The number of benzene rings is 1. The number of anilines is 1. The third-order valence-electron chi connectivity index (χ3n) is 4.05. The predicted octanol–water partition coefficient (Wildman–Crippen LogP) is 0.616. The van der Waals surface area contributed by atoms with E-state index in [1.165, 1.54) is 20.8 Å². The number of urea groups is 1. The molecule has 1 aromatic rings. The molecule has 1 saturated heterocycles. The van der Waals surface area contributed by atoms with Gasteiger partial charge in [-0.05, 0) is 32.9 Å². The maximum atomic E-state index is 12.2. The number of hydrogen-bond donors (Lipinski definition) is 2. The molecule has 1 fully saturated rings. The van der Waals surface area contributed by atoms with E-state index in [4.69, 9.17) is 14.2 Å². The van der Waals surface area contributed by atoms with Crippen molar-refractivity contribution in [2.24, 2.45) is 0 Å². The number of fused-ring (bicyclic) bond motifs is 1. The van der Waals surface area contributed by atoms with Gasteiger partial charge in [-0.3, -0.25) is 19.3 Å². The number of ether oxygens (including phenoxy) is 3. The van der Waals surface area contributed by atoms with E-state index in [9.17, 15) is 19.2 Å². The lowest BCUT2D eigenvalue weighted by atomic mass is 10.1. The maximum Gasteiger partial charge on any atom is 0.327 e. The van der Waals surface area contributed by atoms with Gasteiger partial charge in [0.15, 0.2) is 17.6 Å². The largest absolute Gasteiger partial charge is 0.454 e. The van der Waals surface area contributed by atoms with Gasteiger partial charge < -0.3 is 24.8 Å². The normalized spacial score (nSPS) is 18.1. The first-order valence-corrected chi connectivity index (χ1v) is 8.21. The molecule has 3 rings (SSSR count). The van der Waals surface area contributed by atoms with Crippen molar-refractivity contribution in [2.75, 3.05) is 18.7 Å². The van der Waals surface area contributed by atoms with Gasteiger partial charge in [0.1, 0.15) is 12.1 Å². The van der Waals surface area contributed by atoms with Gasteiger partial charge in [0.05, 0.1) is 0 Å². The summed E-state index contributed by atoms with van der Waals surface area (Å²) in [4.78, 5) is 48.8. The molecule has 0 unspecified atom stereocenters. The lowest BCUT2D eigenvalue weighted by Crippen LogP contribution is -2.42. The highest BCUT2D eigenvalue weighted by molar-refractivity contribution is 6.08. The van der Waals surface area contributed by atoms with Crippen LogP contribution in [0.3, 0.4) is 0 Å². The van der Waals surface area contributed by atoms with Crippen LogP contribution in [0, 0.1) is 0 Å². The lowest BCUT2D eigenvalue weighted by Gasteiger charge is -2.17. The Morgan fingerprint density at radius 3 is 2.67 bits per heavy atom. The van der Waals surface area contributed by atoms with E-state index in [1.54, 1.807) is 18.2 Å². The van der Waals surface area contributed by atoms with Gasteiger partial charge in [0.2, 0.25) is 6.79 Å². The van der Waals surface area contributed by atoms with E-state index in [0.717, 1.165) is 4.90 Å². The molecule has 1 atom stereocenters. The molecular formula is C17H19N3O7. The third-order valence-corrected chi connectivity index (χ3v) is 4.05. The molecule has 1 aromatic carbocycles. The number of carbonyl (C=O) groups excluding carboxylic acids is 4. The highest BCUT2D eigenvalue weighted by Gasteiger charge is 2.45. The molecule has 0 aliphatic carbocycles. The third kappa shape index (κ3) is 3.78. The Morgan fingerprint density at radius 1 is 1.30 bits per heavy atom. The highest BCUT2D eigenvalue weighted by Crippen LogP contribution is 2.34. The quantitative estimate of drug-likeness (QED) is 0.569. The number of rotatable bonds is 5. The van der Waals surface area contributed by atoms with Gasteiger partial charge in [-0.2, -0.15) is 0 Å². The van der Waals surface area contributed by atoms with E-state index in [-0.39, 0.29) is 6.79 Å². The Morgan fingerprint density at radius 2 is 2.00 bits per heavy atom. The molecule has 2 N–H and O–H groups in total. The molecule has 4 amide bonds. The molecule has 2 aliphatic heterocycles. The summed E-state index contributed by atoms with van der Waals surface area (Å²) in [6.07, 6.45) is -1.13. The number of nitrogens with zero attached hydrogens (tertiary/aromatic N) is 1. The van der Waals surface area contributed by atoms with Crippen LogP contribution in [0.1, 0.15) is 20.8 Å². The lowest BCUT2D eigenvalue weighted by molar-refractivity contribution is -0.155. The fraction of sp³-hybridized carbons (Fsp3) is 0.412. The standard InChI is InChI=1S/C17H19N3O7/c1-9(14(22)18-10-4-5-11-12(6-10)26-8-25-11)27-13(21)7-20-15(23)17(2,3)19-16(20)24/h4-6,9H,7-8H2,1-3H3,(H,18,22)(H,19,24)/t9-/m1/s1. The van der Waals surface area contributed by atoms with E-state index >= 15 is 0 Å². The first-order chi connectivity index (χ1) is 12.7. The maximum absolute atomic E-state index is 12.2. The van der Waals surface area contributed by atoms with Crippen molar-refractivity contribution in [2.45, 2.75) is 32.4 Å². The minimum absolute atomic E-state index is 0.111. The van der Waals surface area contributed by atoms with E-state index in [2.05, 4.69) is 10.6 Å². The molecule has 10 heteroatoms. The SMILES string of the molecule is C[C@@H](OC(=O)CN1C(=O)NC(C)(C)C1=O)C(=O)Nc1ccc2c(c1)OCO2. The summed E-state index contributed by atoms with van der Waals surface area (Å²) in [5.74, 6) is -0.909. The highest BCUT2D eigenvalue weighted by atomic mass is 16.7. The van der Waals surface area contributed by atoms with Crippen molar-refractivity contribution in [1.29, 1.82) is 0 Å². The van der Waals surface area contributed by atoms with Crippen molar-refractivity contribution in [3.05, 3.63) is 18.2 Å². The van der Waals surface area contributed by atoms with Crippen molar-refractivity contribution >= 4 is 29.5 Å². The molecule has 0 spiro atoms. The van der Waals surface area contributed by atoms with Crippen LogP contribution in [0.2, 0.25) is 0 Å². The molecule has 2 heterocycles. The summed E-state index contributed by atoms with van der Waals surface area (Å²) < 4.78 is 15.4. The number of imide groups is 1. The van der Waals surface area contributed by atoms with Crippen molar-refractivity contribution in [3.8, 4) is 11.5 Å². The van der Waals surface area contributed by atoms with E-state index in [1.807, 2.05) is 0 Å². The minimum Gasteiger partial charge on any atom is -0.454 e. The van der Waals surface area contributed by atoms with Crippen LogP contribution in [0.5, 0.6) is 11.5 Å². The van der Waals surface area contributed by atoms with Crippen LogP contribution in [-0.4, -0.2) is 53.7 Å². The molecule has 144 valence electrons. The fourth-order valence-corrected chi connectivity index (χ4v) is 2.60. The van der Waals surface area contributed by atoms with Gasteiger partial charge in [0, 0.05) is 11.8 Å². The predicted molar refractivity (Wildman–Crippen MR) is 91.1 cm³/mol. The second-order valence-corrected chi connectivity index (χ2v) is 6.64. The van der Waals surface area contributed by atoms with Crippen LogP contribution < -0.4 is 20.1 Å². The summed E-state index contributed by atoms with van der Waals surface area (Å²) in [6.45, 7) is 3.98. The van der Waals surface area contributed by atoms with Crippen LogP contribution >= 0.6 is 0 Å².